The summed E-state index contributed by atoms with van der Waals surface area (Å²) in [6, 6.07) is 20.3. The van der Waals surface area contributed by atoms with Crippen LogP contribution in [0.25, 0.3) is 10.9 Å². The highest BCUT2D eigenvalue weighted by Crippen LogP contribution is 2.52. The fourth-order valence-electron chi connectivity index (χ4n) is 6.12. The number of carbonyl (C=O) groups excluding carboxylic acids is 2. The summed E-state index contributed by atoms with van der Waals surface area (Å²) in [6.45, 7) is 3.16. The van der Waals surface area contributed by atoms with Crippen LogP contribution in [-0.4, -0.2) is 59.1 Å². The normalized spacial score (nSPS) is 19.3. The number of hydrogen-bond donors (Lipinski definition) is 3. The molecule has 2 saturated carbocycles. The third-order valence-corrected chi connectivity index (χ3v) is 9.19. The molecule has 3 aromatic carbocycles. The summed E-state index contributed by atoms with van der Waals surface area (Å²) in [5.74, 6) is -0.399. The van der Waals surface area contributed by atoms with E-state index in [1.807, 2.05) is 24.3 Å². The number of hydrogen-bond acceptors (Lipinski definition) is 7. The van der Waals surface area contributed by atoms with Gasteiger partial charge < -0.3 is 25.2 Å². The van der Waals surface area contributed by atoms with Gasteiger partial charge in [-0.05, 0) is 74.6 Å². The van der Waals surface area contributed by atoms with Crippen molar-refractivity contribution in [1.29, 1.82) is 0 Å². The predicted molar refractivity (Wildman–Crippen MR) is 168 cm³/mol. The molecule has 1 saturated heterocycles. The van der Waals surface area contributed by atoms with Crippen LogP contribution in [0.2, 0.25) is 0 Å². The molecule has 7 rings (SSSR count). The molecule has 1 atom stereocenters. The second-order valence-corrected chi connectivity index (χ2v) is 12.4. The lowest BCUT2D eigenvalue weighted by Gasteiger charge is -2.16. The molecule has 1 unspecified atom stereocenters. The lowest BCUT2D eigenvalue weighted by Crippen LogP contribution is -2.35. The molecule has 10 heteroatoms. The van der Waals surface area contributed by atoms with Gasteiger partial charge in [-0.2, -0.15) is 0 Å². The Bertz CT molecular complexity index is 1740. The molecule has 3 aliphatic rings. The average molecular weight is 611 g/mol. The highest BCUT2D eigenvalue weighted by Gasteiger charge is 2.56. The SMILES string of the molecule is O=C(Nc1ccccc1)C1(C(=O)Nc2ccc(Oc3ccnc4cc(OCCCN5CC(O)C6(CC6)C5)ccc34)c(F)c2)CC1. The van der Waals surface area contributed by atoms with Crippen molar-refractivity contribution in [2.75, 3.05) is 36.9 Å². The molecule has 3 fully saturated rings. The molecular weight excluding hydrogens is 575 g/mol. The van der Waals surface area contributed by atoms with Crippen LogP contribution in [0.4, 0.5) is 15.8 Å². The van der Waals surface area contributed by atoms with Crippen molar-refractivity contribution in [1.82, 2.24) is 9.88 Å². The molecule has 2 heterocycles. The van der Waals surface area contributed by atoms with E-state index in [1.165, 1.54) is 12.1 Å². The van der Waals surface area contributed by atoms with E-state index in [4.69, 9.17) is 9.47 Å². The minimum absolute atomic E-state index is 0.0104. The molecule has 2 aliphatic carbocycles. The highest BCUT2D eigenvalue weighted by atomic mass is 19.1. The molecule has 3 N–H and O–H groups in total. The van der Waals surface area contributed by atoms with Gasteiger partial charge in [0.25, 0.3) is 0 Å². The number of para-hydroxylation sites is 1. The summed E-state index contributed by atoms with van der Waals surface area (Å²) in [5.41, 5.74) is 0.487. The molecule has 9 nitrogen and oxygen atoms in total. The Morgan fingerprint density at radius 1 is 0.933 bits per heavy atom. The van der Waals surface area contributed by atoms with Gasteiger partial charge in [-0.3, -0.25) is 19.5 Å². The number of halogens is 1. The molecule has 1 aromatic heterocycles. The van der Waals surface area contributed by atoms with Crippen molar-refractivity contribution >= 4 is 34.1 Å². The number of aromatic nitrogens is 1. The quantitative estimate of drug-likeness (QED) is 0.146. The minimum atomic E-state index is -1.17. The zero-order valence-electron chi connectivity index (χ0n) is 24.8. The number of pyridine rings is 1. The van der Waals surface area contributed by atoms with E-state index < -0.39 is 17.1 Å². The van der Waals surface area contributed by atoms with Crippen LogP contribution in [0.5, 0.6) is 17.2 Å². The number of nitrogens with one attached hydrogen (secondary N) is 2. The maximum Gasteiger partial charge on any atom is 0.240 e. The molecule has 45 heavy (non-hydrogen) atoms. The van der Waals surface area contributed by atoms with Gasteiger partial charge in [-0.1, -0.05) is 18.2 Å². The number of nitrogens with zero attached hydrogens (tertiary/aromatic N) is 2. The third kappa shape index (κ3) is 6.08. The monoisotopic (exact) mass is 610 g/mol. The summed E-state index contributed by atoms with van der Waals surface area (Å²) in [5, 5.41) is 16.4. The predicted octanol–water partition coefficient (Wildman–Crippen LogP) is 5.75. The van der Waals surface area contributed by atoms with Gasteiger partial charge in [-0.25, -0.2) is 4.39 Å². The van der Waals surface area contributed by atoms with Crippen molar-refractivity contribution in [3.05, 3.63) is 84.8 Å². The maximum absolute atomic E-state index is 15.2. The Balaban J connectivity index is 0.949. The number of β-amino-alcohol motifs (C(OH)–C–C–N with tert-alkyl or cyclic N) is 1. The summed E-state index contributed by atoms with van der Waals surface area (Å²) in [6.07, 6.45) is 5.36. The van der Waals surface area contributed by atoms with E-state index in [2.05, 4.69) is 20.5 Å². The van der Waals surface area contributed by atoms with E-state index in [0.29, 0.717) is 47.5 Å². The first-order chi connectivity index (χ1) is 21.8. The Labute approximate surface area is 260 Å². The molecule has 2 amide bonds. The van der Waals surface area contributed by atoms with E-state index in [1.54, 1.807) is 42.6 Å². The first-order valence-electron chi connectivity index (χ1n) is 15.4. The van der Waals surface area contributed by atoms with E-state index >= 15 is 4.39 Å². The van der Waals surface area contributed by atoms with Crippen LogP contribution in [0.3, 0.4) is 0 Å². The molecular formula is C35H35FN4O5. The Morgan fingerprint density at radius 3 is 2.42 bits per heavy atom. The van der Waals surface area contributed by atoms with Crippen LogP contribution >= 0.6 is 0 Å². The molecule has 1 aliphatic heterocycles. The lowest BCUT2D eigenvalue weighted by atomic mass is 10.0. The Hall–Kier alpha value is -4.54. The zero-order chi connectivity index (χ0) is 31.0. The van der Waals surface area contributed by atoms with Crippen molar-refractivity contribution in [2.45, 2.75) is 38.2 Å². The lowest BCUT2D eigenvalue weighted by molar-refractivity contribution is -0.131. The maximum atomic E-state index is 15.2. The van der Waals surface area contributed by atoms with Crippen molar-refractivity contribution in [3.63, 3.8) is 0 Å². The number of aliphatic hydroxyl groups excluding tert-OH is 1. The first-order valence-corrected chi connectivity index (χ1v) is 15.4. The molecule has 0 bridgehead atoms. The first kappa shape index (κ1) is 29.2. The molecule has 232 valence electrons. The number of rotatable bonds is 11. The van der Waals surface area contributed by atoms with Gasteiger partial charge in [0, 0.05) is 60.1 Å². The minimum Gasteiger partial charge on any atom is -0.493 e. The van der Waals surface area contributed by atoms with Gasteiger partial charge in [0.2, 0.25) is 11.8 Å². The number of ether oxygens (including phenoxy) is 2. The fourth-order valence-corrected chi connectivity index (χ4v) is 6.12. The van der Waals surface area contributed by atoms with Crippen LogP contribution in [0.1, 0.15) is 32.1 Å². The largest absolute Gasteiger partial charge is 0.493 e. The van der Waals surface area contributed by atoms with Crippen molar-refractivity contribution < 1.29 is 28.6 Å². The average Bonchev–Trinajstić information content (AvgIpc) is 3.96. The fraction of sp³-hybridized carbons (Fsp3) is 0.343. The second kappa shape index (κ2) is 11.8. The van der Waals surface area contributed by atoms with Crippen molar-refractivity contribution in [2.24, 2.45) is 10.8 Å². The van der Waals surface area contributed by atoms with Gasteiger partial charge in [-0.15, -0.1) is 0 Å². The van der Waals surface area contributed by atoms with E-state index in [0.717, 1.165) is 38.9 Å². The zero-order valence-corrected chi connectivity index (χ0v) is 24.8. The number of carbonyl (C=O) groups is 2. The summed E-state index contributed by atoms with van der Waals surface area (Å²) < 4.78 is 27.1. The highest BCUT2D eigenvalue weighted by molar-refractivity contribution is 6.16. The standard InChI is InChI=1S/C35H35FN4O5/c36-27-19-24(39-33(43)35(14-15-35)32(42)38-23-5-2-1-3-6-23)7-10-30(27)45-29-11-16-37-28-20-25(8-9-26(28)29)44-18-4-17-40-21-31(41)34(22-40)12-13-34/h1-3,5-11,16,19-20,31,41H,4,12-15,17-18,21-22H2,(H,38,42)(H,39,43). The van der Waals surface area contributed by atoms with Gasteiger partial charge in [0.05, 0.1) is 18.2 Å². The number of fused-ring (bicyclic) bond motifs is 1. The number of aliphatic hydroxyl groups is 1. The topological polar surface area (TPSA) is 113 Å². The van der Waals surface area contributed by atoms with Gasteiger partial charge in [0.15, 0.2) is 11.6 Å². The van der Waals surface area contributed by atoms with Gasteiger partial charge in [0.1, 0.15) is 16.9 Å². The van der Waals surface area contributed by atoms with Gasteiger partial charge >= 0.3 is 0 Å². The van der Waals surface area contributed by atoms with Crippen molar-refractivity contribution in [3.8, 4) is 17.2 Å². The Kier molecular flexibility index (Phi) is 7.63. The van der Waals surface area contributed by atoms with Crippen LogP contribution < -0.4 is 20.1 Å². The third-order valence-electron chi connectivity index (χ3n) is 9.19. The number of benzene rings is 3. The smallest absolute Gasteiger partial charge is 0.240 e. The summed E-state index contributed by atoms with van der Waals surface area (Å²) in [7, 11) is 0. The Morgan fingerprint density at radius 2 is 1.71 bits per heavy atom. The number of anilines is 2. The van der Waals surface area contributed by atoms with Crippen LogP contribution in [0, 0.1) is 16.6 Å². The summed E-state index contributed by atoms with van der Waals surface area (Å²) >= 11 is 0. The molecule has 0 radical (unpaired) electrons. The summed E-state index contributed by atoms with van der Waals surface area (Å²) in [4.78, 5) is 32.6. The molecule has 1 spiro atoms. The van der Waals surface area contributed by atoms with E-state index in [-0.39, 0.29) is 28.9 Å². The number of amides is 2. The van der Waals surface area contributed by atoms with Crippen LogP contribution in [0.15, 0.2) is 79.0 Å². The number of likely N-dealkylation sites (tertiary alicyclic amines) is 1. The second-order valence-electron chi connectivity index (χ2n) is 12.4. The van der Waals surface area contributed by atoms with Crippen LogP contribution in [-0.2, 0) is 9.59 Å². The van der Waals surface area contributed by atoms with E-state index in [9.17, 15) is 14.7 Å². The molecule has 4 aromatic rings.